The maximum atomic E-state index is 9.12. The largest absolute Gasteiger partial charge is 0.380 e. The Morgan fingerprint density at radius 1 is 1.24 bits per heavy atom. The average Bonchev–Trinajstić information content (AvgIpc) is 2.61. The molecule has 17 heavy (non-hydrogen) atoms. The zero-order chi connectivity index (χ0) is 12.8. The minimum absolute atomic E-state index is 0.238. The van der Waals surface area contributed by atoms with Crippen molar-refractivity contribution in [2.45, 2.75) is 33.7 Å². The van der Waals surface area contributed by atoms with Crippen LogP contribution in [0, 0.1) is 22.2 Å². The van der Waals surface area contributed by atoms with Crippen molar-refractivity contribution in [3.8, 4) is 6.07 Å². The summed E-state index contributed by atoms with van der Waals surface area (Å²) in [6, 6.07) is 8.06. The molecule has 0 amide bonds. The summed E-state index contributed by atoms with van der Waals surface area (Å²) in [6.45, 7) is 8.95. The predicted octanol–water partition coefficient (Wildman–Crippen LogP) is 4.06. The number of nitrogens with zero attached hydrogens (tertiary/aromatic N) is 1. The fraction of sp³-hybridized carbons (Fsp3) is 0.500. The van der Waals surface area contributed by atoms with Gasteiger partial charge in [0.2, 0.25) is 0 Å². The van der Waals surface area contributed by atoms with Gasteiger partial charge in [-0.05, 0) is 23.0 Å². The number of rotatable bonds is 2. The van der Waals surface area contributed by atoms with Crippen molar-refractivity contribution in [1.29, 1.82) is 5.26 Å². The first kappa shape index (κ1) is 12.3. The molecule has 0 aliphatic heterocycles. The van der Waals surface area contributed by atoms with Crippen molar-refractivity contribution in [1.82, 2.24) is 0 Å². The van der Waals surface area contributed by atoms with Crippen molar-refractivity contribution in [2.24, 2.45) is 10.8 Å². The lowest BCUT2D eigenvalue weighted by molar-refractivity contribution is 0.457. The van der Waals surface area contributed by atoms with Crippen LogP contribution in [0.2, 0.25) is 5.02 Å². The van der Waals surface area contributed by atoms with Crippen LogP contribution >= 0.6 is 11.6 Å². The summed E-state index contributed by atoms with van der Waals surface area (Å²) in [4.78, 5) is 0. The van der Waals surface area contributed by atoms with Gasteiger partial charge in [0, 0.05) is 6.04 Å². The van der Waals surface area contributed by atoms with Gasteiger partial charge in [-0.25, -0.2) is 0 Å². The van der Waals surface area contributed by atoms with Gasteiger partial charge in [-0.1, -0.05) is 45.4 Å². The van der Waals surface area contributed by atoms with Crippen LogP contribution in [0.3, 0.4) is 0 Å². The quantitative estimate of drug-likeness (QED) is 0.857. The van der Waals surface area contributed by atoms with E-state index in [1.54, 1.807) is 6.07 Å². The highest BCUT2D eigenvalue weighted by molar-refractivity contribution is 6.32. The normalized spacial score (nSPS) is 20.7. The smallest absolute Gasteiger partial charge is 0.103 e. The van der Waals surface area contributed by atoms with Crippen LogP contribution in [-0.2, 0) is 0 Å². The van der Waals surface area contributed by atoms with Gasteiger partial charge in [0.1, 0.15) is 6.07 Å². The second-order valence-electron chi connectivity index (χ2n) is 5.79. The molecule has 0 saturated heterocycles. The number of anilines is 1. The van der Waals surface area contributed by atoms with Crippen LogP contribution < -0.4 is 5.32 Å². The Balaban J connectivity index is 2.29. The minimum Gasteiger partial charge on any atom is -0.380 e. The molecule has 1 aliphatic rings. The Morgan fingerprint density at radius 3 is 2.29 bits per heavy atom. The van der Waals surface area contributed by atoms with Crippen molar-refractivity contribution < 1.29 is 0 Å². The van der Waals surface area contributed by atoms with E-state index in [1.807, 2.05) is 12.1 Å². The first-order valence-electron chi connectivity index (χ1n) is 5.77. The fourth-order valence-electron chi connectivity index (χ4n) is 2.47. The molecular weight excluding hydrogens is 232 g/mol. The van der Waals surface area contributed by atoms with Crippen molar-refractivity contribution in [2.75, 3.05) is 5.32 Å². The van der Waals surface area contributed by atoms with Crippen molar-refractivity contribution >= 4 is 17.3 Å². The van der Waals surface area contributed by atoms with Crippen molar-refractivity contribution in [3.63, 3.8) is 0 Å². The SMILES string of the molecule is CC1(C)C(Nc2cccc(Cl)c2C#N)C1(C)C. The highest BCUT2D eigenvalue weighted by Crippen LogP contribution is 2.63. The van der Waals surface area contributed by atoms with E-state index in [0.29, 0.717) is 16.6 Å². The highest BCUT2D eigenvalue weighted by atomic mass is 35.5. The third-order valence-electron chi connectivity index (χ3n) is 4.45. The lowest BCUT2D eigenvalue weighted by Gasteiger charge is -2.10. The summed E-state index contributed by atoms with van der Waals surface area (Å²) in [7, 11) is 0. The van der Waals surface area contributed by atoms with Gasteiger partial charge in [0.25, 0.3) is 0 Å². The average molecular weight is 249 g/mol. The Hall–Kier alpha value is -1.20. The number of hydrogen-bond acceptors (Lipinski definition) is 2. The molecule has 0 heterocycles. The number of benzene rings is 1. The topological polar surface area (TPSA) is 35.8 Å². The first-order chi connectivity index (χ1) is 7.82. The number of hydrogen-bond donors (Lipinski definition) is 1. The summed E-state index contributed by atoms with van der Waals surface area (Å²) >= 11 is 6.01. The molecule has 1 fully saturated rings. The minimum atomic E-state index is 0.238. The number of halogens is 1. The van der Waals surface area contributed by atoms with E-state index in [1.165, 1.54) is 0 Å². The fourth-order valence-corrected chi connectivity index (χ4v) is 2.69. The maximum absolute atomic E-state index is 9.12. The van der Waals surface area contributed by atoms with Gasteiger partial charge in [-0.2, -0.15) is 5.26 Å². The van der Waals surface area contributed by atoms with E-state index < -0.39 is 0 Å². The summed E-state index contributed by atoms with van der Waals surface area (Å²) in [5, 5.41) is 13.1. The molecule has 1 N–H and O–H groups in total. The Morgan fingerprint density at radius 2 is 1.82 bits per heavy atom. The van der Waals surface area contributed by atoms with Gasteiger partial charge in [-0.3, -0.25) is 0 Å². The van der Waals surface area contributed by atoms with Crippen LogP contribution in [0.5, 0.6) is 0 Å². The zero-order valence-electron chi connectivity index (χ0n) is 10.6. The highest BCUT2D eigenvalue weighted by Gasteiger charge is 2.65. The summed E-state index contributed by atoms with van der Waals surface area (Å²) in [6.07, 6.45) is 0. The molecule has 2 nitrogen and oxygen atoms in total. The molecule has 0 radical (unpaired) electrons. The molecule has 0 atom stereocenters. The summed E-state index contributed by atoms with van der Waals surface area (Å²) < 4.78 is 0. The first-order valence-corrected chi connectivity index (χ1v) is 6.15. The second-order valence-corrected chi connectivity index (χ2v) is 6.20. The third-order valence-corrected chi connectivity index (χ3v) is 4.76. The Bertz CT molecular complexity index is 483. The molecular formula is C14H17ClN2. The van der Waals surface area contributed by atoms with Crippen molar-refractivity contribution in [3.05, 3.63) is 28.8 Å². The van der Waals surface area contributed by atoms with Gasteiger partial charge in [0.15, 0.2) is 0 Å². The molecule has 1 saturated carbocycles. The third kappa shape index (κ3) is 1.70. The van der Waals surface area contributed by atoms with Crippen LogP contribution in [0.25, 0.3) is 0 Å². The Kier molecular flexibility index (Phi) is 2.63. The molecule has 2 rings (SSSR count). The van der Waals surface area contributed by atoms with E-state index >= 15 is 0 Å². The summed E-state index contributed by atoms with van der Waals surface area (Å²) in [5.74, 6) is 0. The lowest BCUT2D eigenvalue weighted by Crippen LogP contribution is -2.11. The standard InChI is InChI=1S/C14H17ClN2/c1-13(2)12(14(13,3)4)17-11-7-5-6-10(15)9(11)8-16/h5-7,12,17H,1-4H3. The zero-order valence-corrected chi connectivity index (χ0v) is 11.4. The predicted molar refractivity (Wildman–Crippen MR) is 71.1 cm³/mol. The molecule has 3 heteroatoms. The van der Waals surface area contributed by atoms with Crippen LogP contribution in [0.4, 0.5) is 5.69 Å². The number of nitriles is 1. The summed E-state index contributed by atoms with van der Waals surface area (Å²) in [5.41, 5.74) is 1.85. The maximum Gasteiger partial charge on any atom is 0.103 e. The van der Waals surface area contributed by atoms with Crippen LogP contribution in [0.1, 0.15) is 33.3 Å². The van der Waals surface area contributed by atoms with Crippen LogP contribution in [-0.4, -0.2) is 6.04 Å². The van der Waals surface area contributed by atoms with E-state index in [9.17, 15) is 0 Å². The van der Waals surface area contributed by atoms with E-state index in [4.69, 9.17) is 16.9 Å². The van der Waals surface area contributed by atoms with E-state index in [2.05, 4.69) is 39.1 Å². The van der Waals surface area contributed by atoms with E-state index in [-0.39, 0.29) is 10.8 Å². The monoisotopic (exact) mass is 248 g/mol. The molecule has 0 aromatic heterocycles. The van der Waals surface area contributed by atoms with Crippen LogP contribution in [0.15, 0.2) is 18.2 Å². The molecule has 0 unspecified atom stereocenters. The molecule has 0 spiro atoms. The second kappa shape index (κ2) is 3.65. The van der Waals surface area contributed by atoms with E-state index in [0.717, 1.165) is 5.69 Å². The lowest BCUT2D eigenvalue weighted by atomic mass is 10.0. The Labute approximate surface area is 108 Å². The van der Waals surface area contributed by atoms with Gasteiger partial charge in [0.05, 0.1) is 16.3 Å². The molecule has 0 bridgehead atoms. The van der Waals surface area contributed by atoms with Gasteiger partial charge >= 0.3 is 0 Å². The number of nitrogens with one attached hydrogen (secondary N) is 1. The van der Waals surface area contributed by atoms with Gasteiger partial charge < -0.3 is 5.32 Å². The van der Waals surface area contributed by atoms with Gasteiger partial charge in [-0.15, -0.1) is 0 Å². The molecule has 1 aromatic rings. The molecule has 1 aromatic carbocycles. The molecule has 1 aliphatic carbocycles. The molecule has 90 valence electrons.